The molecule has 2 nitrogen and oxygen atoms in total. The normalized spacial score (nSPS) is 20.6. The third-order valence-electron chi connectivity index (χ3n) is 3.87. The van der Waals surface area contributed by atoms with Gasteiger partial charge in [-0.15, -0.1) is 0 Å². The third-order valence-corrected chi connectivity index (χ3v) is 5.06. The molecule has 0 bridgehead atoms. The van der Waals surface area contributed by atoms with Crippen molar-refractivity contribution in [3.8, 4) is 0 Å². The van der Waals surface area contributed by atoms with Crippen molar-refractivity contribution in [2.24, 2.45) is 5.92 Å². The molecule has 0 amide bonds. The van der Waals surface area contributed by atoms with Crippen LogP contribution in [-0.2, 0) is 0 Å². The van der Waals surface area contributed by atoms with Gasteiger partial charge < -0.3 is 9.73 Å². The van der Waals surface area contributed by atoms with Gasteiger partial charge >= 0.3 is 0 Å². The van der Waals surface area contributed by atoms with E-state index in [1.807, 2.05) is 23.9 Å². The molecule has 1 aromatic carbocycles. The Balaban J connectivity index is 1.93. The Kier molecular flexibility index (Phi) is 4.32. The van der Waals surface area contributed by atoms with Crippen LogP contribution in [0, 0.1) is 11.7 Å². The number of thioether (sulfide) groups is 1. The summed E-state index contributed by atoms with van der Waals surface area (Å²) in [5.41, 5.74) is 0.386. The van der Waals surface area contributed by atoms with Crippen LogP contribution < -0.4 is 5.32 Å². The van der Waals surface area contributed by atoms with E-state index in [1.54, 1.807) is 6.07 Å². The predicted octanol–water partition coefficient (Wildman–Crippen LogP) is 4.37. The van der Waals surface area contributed by atoms with Gasteiger partial charge in [0, 0.05) is 5.39 Å². The quantitative estimate of drug-likeness (QED) is 0.886. The summed E-state index contributed by atoms with van der Waals surface area (Å²) in [7, 11) is 0. The topological polar surface area (TPSA) is 25.2 Å². The van der Waals surface area contributed by atoms with Gasteiger partial charge in [0.2, 0.25) is 0 Å². The van der Waals surface area contributed by atoms with Crippen LogP contribution in [0.5, 0.6) is 0 Å². The van der Waals surface area contributed by atoms with Crippen LogP contribution in [0.2, 0.25) is 0 Å². The molecule has 3 rings (SSSR count). The fourth-order valence-corrected chi connectivity index (χ4v) is 4.11. The molecule has 0 radical (unpaired) electrons. The minimum Gasteiger partial charge on any atom is -0.456 e. The van der Waals surface area contributed by atoms with E-state index in [2.05, 4.69) is 12.2 Å². The number of halogens is 1. The zero-order valence-corrected chi connectivity index (χ0v) is 12.5. The molecule has 0 aliphatic carbocycles. The molecule has 20 heavy (non-hydrogen) atoms. The van der Waals surface area contributed by atoms with E-state index < -0.39 is 0 Å². The summed E-state index contributed by atoms with van der Waals surface area (Å²) in [4.78, 5) is 0. The summed E-state index contributed by atoms with van der Waals surface area (Å²) in [6.07, 6.45) is 2.29. The average Bonchev–Trinajstić information content (AvgIpc) is 3.09. The van der Waals surface area contributed by atoms with Crippen LogP contribution in [0.25, 0.3) is 11.0 Å². The Hall–Kier alpha value is -1.000. The first kappa shape index (κ1) is 14.0. The molecule has 108 valence electrons. The molecular formula is C16H20FNOS. The first-order valence-corrected chi connectivity index (χ1v) is 8.44. The maximum Gasteiger partial charge on any atom is 0.169 e. The van der Waals surface area contributed by atoms with Crippen molar-refractivity contribution >= 4 is 22.7 Å². The number of para-hydroxylation sites is 1. The Morgan fingerprint density at radius 3 is 3.10 bits per heavy atom. The van der Waals surface area contributed by atoms with E-state index in [4.69, 9.17) is 4.42 Å². The molecule has 1 aliphatic rings. The van der Waals surface area contributed by atoms with Gasteiger partial charge in [-0.1, -0.05) is 19.1 Å². The SMILES string of the molecule is CCCNC(c1cc2cccc(F)c2o1)C1CCSC1. The van der Waals surface area contributed by atoms with Gasteiger partial charge in [0.1, 0.15) is 5.76 Å². The van der Waals surface area contributed by atoms with Gasteiger partial charge in [-0.25, -0.2) is 4.39 Å². The van der Waals surface area contributed by atoms with Gasteiger partial charge in [-0.05, 0) is 48.9 Å². The van der Waals surface area contributed by atoms with Crippen LogP contribution in [0.15, 0.2) is 28.7 Å². The molecule has 2 aromatic rings. The molecule has 1 N–H and O–H groups in total. The first-order chi connectivity index (χ1) is 9.79. The van der Waals surface area contributed by atoms with Crippen molar-refractivity contribution in [1.82, 2.24) is 5.32 Å². The second-order valence-corrected chi connectivity index (χ2v) is 6.51. The number of benzene rings is 1. The van der Waals surface area contributed by atoms with Gasteiger partial charge in [0.15, 0.2) is 11.4 Å². The smallest absolute Gasteiger partial charge is 0.169 e. The Labute approximate surface area is 123 Å². The minimum absolute atomic E-state index is 0.205. The van der Waals surface area contributed by atoms with E-state index >= 15 is 0 Å². The second-order valence-electron chi connectivity index (χ2n) is 5.36. The monoisotopic (exact) mass is 293 g/mol. The average molecular weight is 293 g/mol. The highest BCUT2D eigenvalue weighted by atomic mass is 32.2. The summed E-state index contributed by atoms with van der Waals surface area (Å²) in [5.74, 6) is 3.55. The standard InChI is InChI=1S/C16H20FNOS/c1-2-7-18-15(12-6-8-20-10-12)14-9-11-4-3-5-13(17)16(11)19-14/h3-5,9,12,15,18H,2,6-8,10H2,1H3. The van der Waals surface area contributed by atoms with Crippen LogP contribution in [0.4, 0.5) is 4.39 Å². The molecular weight excluding hydrogens is 273 g/mol. The van der Waals surface area contributed by atoms with Crippen molar-refractivity contribution in [2.75, 3.05) is 18.1 Å². The zero-order chi connectivity index (χ0) is 13.9. The lowest BCUT2D eigenvalue weighted by Gasteiger charge is -2.22. The molecule has 1 aromatic heterocycles. The Bertz CT molecular complexity index is 577. The number of rotatable bonds is 5. The van der Waals surface area contributed by atoms with E-state index in [0.29, 0.717) is 11.5 Å². The number of fused-ring (bicyclic) bond motifs is 1. The predicted molar refractivity (Wildman–Crippen MR) is 82.6 cm³/mol. The number of furan rings is 1. The highest BCUT2D eigenvalue weighted by Gasteiger charge is 2.29. The summed E-state index contributed by atoms with van der Waals surface area (Å²) < 4.78 is 19.6. The van der Waals surface area contributed by atoms with Crippen molar-refractivity contribution in [2.45, 2.75) is 25.8 Å². The Morgan fingerprint density at radius 2 is 2.40 bits per heavy atom. The molecule has 1 aliphatic heterocycles. The molecule has 2 heterocycles. The first-order valence-electron chi connectivity index (χ1n) is 7.28. The largest absolute Gasteiger partial charge is 0.456 e. The van der Waals surface area contributed by atoms with Crippen molar-refractivity contribution in [3.63, 3.8) is 0 Å². The molecule has 4 heteroatoms. The fourth-order valence-electron chi connectivity index (χ4n) is 2.82. The van der Waals surface area contributed by atoms with Crippen molar-refractivity contribution in [1.29, 1.82) is 0 Å². The van der Waals surface area contributed by atoms with Crippen LogP contribution in [0.1, 0.15) is 31.6 Å². The summed E-state index contributed by atoms with van der Waals surface area (Å²) in [6.45, 7) is 3.12. The maximum absolute atomic E-state index is 13.8. The minimum atomic E-state index is -0.274. The van der Waals surface area contributed by atoms with Crippen molar-refractivity contribution < 1.29 is 8.81 Å². The zero-order valence-electron chi connectivity index (χ0n) is 11.7. The lowest BCUT2D eigenvalue weighted by Crippen LogP contribution is -2.28. The molecule has 2 atom stereocenters. The van der Waals surface area contributed by atoms with Crippen LogP contribution in [0.3, 0.4) is 0 Å². The van der Waals surface area contributed by atoms with Gasteiger partial charge in [0.25, 0.3) is 0 Å². The molecule has 2 unspecified atom stereocenters. The summed E-state index contributed by atoms with van der Waals surface area (Å²) in [5, 5.41) is 4.43. The van der Waals surface area contributed by atoms with Gasteiger partial charge in [-0.3, -0.25) is 0 Å². The third kappa shape index (κ3) is 2.72. The maximum atomic E-state index is 13.8. The lowest BCUT2D eigenvalue weighted by molar-refractivity contribution is 0.336. The van der Waals surface area contributed by atoms with Crippen LogP contribution in [-0.4, -0.2) is 18.1 Å². The number of hydrogen-bond donors (Lipinski definition) is 1. The highest BCUT2D eigenvalue weighted by Crippen LogP contribution is 2.36. The highest BCUT2D eigenvalue weighted by molar-refractivity contribution is 7.99. The summed E-state index contributed by atoms with van der Waals surface area (Å²) >= 11 is 1.99. The fraction of sp³-hybridized carbons (Fsp3) is 0.500. The van der Waals surface area contributed by atoms with E-state index in [1.165, 1.54) is 18.2 Å². The van der Waals surface area contributed by atoms with Gasteiger partial charge in [0.05, 0.1) is 6.04 Å². The van der Waals surface area contributed by atoms with E-state index in [0.717, 1.165) is 29.9 Å². The van der Waals surface area contributed by atoms with Crippen LogP contribution >= 0.6 is 11.8 Å². The van der Waals surface area contributed by atoms with Gasteiger partial charge in [-0.2, -0.15) is 11.8 Å². The Morgan fingerprint density at radius 1 is 1.50 bits per heavy atom. The lowest BCUT2D eigenvalue weighted by atomic mass is 9.96. The molecule has 0 spiro atoms. The molecule has 0 saturated carbocycles. The molecule has 1 saturated heterocycles. The number of hydrogen-bond acceptors (Lipinski definition) is 3. The van der Waals surface area contributed by atoms with E-state index in [-0.39, 0.29) is 11.9 Å². The number of nitrogens with one attached hydrogen (secondary N) is 1. The summed E-state index contributed by atoms with van der Waals surface area (Å²) in [6, 6.07) is 7.30. The second kappa shape index (κ2) is 6.19. The van der Waals surface area contributed by atoms with Crippen molar-refractivity contribution in [3.05, 3.63) is 35.8 Å². The van der Waals surface area contributed by atoms with E-state index in [9.17, 15) is 4.39 Å². The molecule has 1 fully saturated rings.